The van der Waals surface area contributed by atoms with Crippen LogP contribution in [-0.4, -0.2) is 33.9 Å². The number of carbonyl (C=O) groups is 1. The van der Waals surface area contributed by atoms with Crippen molar-refractivity contribution in [3.8, 4) is 0 Å². The predicted molar refractivity (Wildman–Crippen MR) is 97.2 cm³/mol. The van der Waals surface area contributed by atoms with Crippen LogP contribution in [0.25, 0.3) is 0 Å². The van der Waals surface area contributed by atoms with Crippen molar-refractivity contribution in [1.82, 2.24) is 10.3 Å². The van der Waals surface area contributed by atoms with Gasteiger partial charge in [-0.2, -0.15) is 0 Å². The zero-order chi connectivity index (χ0) is 18.2. The lowest BCUT2D eigenvalue weighted by Crippen LogP contribution is -2.30. The lowest BCUT2D eigenvalue weighted by Gasteiger charge is -2.19. The number of rotatable bonds is 7. The third-order valence-electron chi connectivity index (χ3n) is 3.44. The van der Waals surface area contributed by atoms with E-state index in [0.717, 1.165) is 5.56 Å². The summed E-state index contributed by atoms with van der Waals surface area (Å²) in [6, 6.07) is 10.9. The van der Waals surface area contributed by atoms with Gasteiger partial charge in [0.15, 0.2) is 0 Å². The van der Waals surface area contributed by atoms with Gasteiger partial charge in [-0.05, 0) is 34.0 Å². The Morgan fingerprint density at radius 3 is 2.76 bits per heavy atom. The van der Waals surface area contributed by atoms with Crippen LogP contribution < -0.4 is 5.32 Å². The summed E-state index contributed by atoms with van der Waals surface area (Å²) in [5, 5.41) is 22.9. The molecule has 25 heavy (non-hydrogen) atoms. The summed E-state index contributed by atoms with van der Waals surface area (Å²) >= 11 is 9.16. The Hall–Kier alpha value is -1.67. The number of pyridine rings is 1. The molecule has 2 aromatic rings. The maximum absolute atomic E-state index is 11.6. The molecule has 0 radical (unpaired) electrons. The number of ether oxygens (including phenoxy) is 1. The number of aliphatic hydroxyl groups is 2. The summed E-state index contributed by atoms with van der Waals surface area (Å²) < 4.78 is 5.70. The van der Waals surface area contributed by atoms with Gasteiger partial charge in [0.2, 0.25) is 0 Å². The van der Waals surface area contributed by atoms with Crippen LogP contribution >= 0.6 is 27.5 Å². The van der Waals surface area contributed by atoms with Crippen LogP contribution in [0.15, 0.2) is 47.1 Å². The zero-order valence-corrected chi connectivity index (χ0v) is 15.6. The molecule has 0 aliphatic rings. The first-order valence-corrected chi connectivity index (χ1v) is 8.76. The minimum Gasteiger partial charge on any atom is -0.445 e. The van der Waals surface area contributed by atoms with Gasteiger partial charge in [0, 0.05) is 22.8 Å². The highest BCUT2D eigenvalue weighted by Gasteiger charge is 2.22. The van der Waals surface area contributed by atoms with Gasteiger partial charge in [0.1, 0.15) is 17.9 Å². The van der Waals surface area contributed by atoms with E-state index in [-0.39, 0.29) is 24.7 Å². The van der Waals surface area contributed by atoms with E-state index in [2.05, 4.69) is 26.2 Å². The van der Waals surface area contributed by atoms with E-state index in [4.69, 9.17) is 16.3 Å². The summed E-state index contributed by atoms with van der Waals surface area (Å²) in [4.78, 5) is 15.5. The molecule has 6 nitrogen and oxygen atoms in total. The molecule has 1 heterocycles. The summed E-state index contributed by atoms with van der Waals surface area (Å²) in [6.07, 6.45) is -1.28. The number of nitrogens with zero attached hydrogens (tertiary/aromatic N) is 1. The van der Waals surface area contributed by atoms with E-state index in [0.29, 0.717) is 10.0 Å². The van der Waals surface area contributed by atoms with E-state index in [1.165, 1.54) is 6.20 Å². The van der Waals surface area contributed by atoms with Gasteiger partial charge in [-0.3, -0.25) is 0 Å². The highest BCUT2D eigenvalue weighted by molar-refractivity contribution is 9.10. The second-order valence-corrected chi connectivity index (χ2v) is 6.60. The van der Waals surface area contributed by atoms with Gasteiger partial charge in [-0.25, -0.2) is 9.78 Å². The lowest BCUT2D eigenvalue weighted by atomic mass is 10.0. The van der Waals surface area contributed by atoms with Crippen LogP contribution in [0.1, 0.15) is 23.7 Å². The molecule has 0 saturated carbocycles. The number of hydrogen-bond acceptors (Lipinski definition) is 5. The van der Waals surface area contributed by atoms with E-state index < -0.39 is 18.3 Å². The van der Waals surface area contributed by atoms with E-state index in [1.807, 2.05) is 30.3 Å². The fourth-order valence-corrected chi connectivity index (χ4v) is 2.67. The lowest BCUT2D eigenvalue weighted by molar-refractivity contribution is 0.0134. The van der Waals surface area contributed by atoms with Gasteiger partial charge in [0.05, 0.1) is 6.10 Å². The van der Waals surface area contributed by atoms with Crippen molar-refractivity contribution in [3.63, 3.8) is 0 Å². The number of hydrogen-bond donors (Lipinski definition) is 3. The highest BCUT2D eigenvalue weighted by atomic mass is 79.9. The number of carbonyl (C=O) groups excluding carboxylic acids is 1. The minimum atomic E-state index is -1.21. The molecular formula is C17H18BrClN2O4. The van der Waals surface area contributed by atoms with Crippen LogP contribution in [0.5, 0.6) is 0 Å². The Balaban J connectivity index is 1.75. The highest BCUT2D eigenvalue weighted by Crippen LogP contribution is 2.27. The Bertz CT molecular complexity index is 702. The molecule has 8 heteroatoms. The van der Waals surface area contributed by atoms with Crippen molar-refractivity contribution >= 4 is 33.6 Å². The fraction of sp³-hybridized carbons (Fsp3) is 0.294. The number of aromatic nitrogens is 1. The third kappa shape index (κ3) is 6.28. The zero-order valence-electron chi connectivity index (χ0n) is 13.2. The number of aliphatic hydroxyl groups excluding tert-OH is 2. The first-order chi connectivity index (χ1) is 12.0. The maximum atomic E-state index is 11.6. The van der Waals surface area contributed by atoms with Gasteiger partial charge < -0.3 is 20.3 Å². The second-order valence-electron chi connectivity index (χ2n) is 5.32. The van der Waals surface area contributed by atoms with Crippen LogP contribution in [0.2, 0.25) is 5.15 Å². The molecule has 1 amide bonds. The molecule has 0 spiro atoms. The first kappa shape index (κ1) is 19.7. The number of alkyl carbamates (subject to hydrolysis) is 1. The topological polar surface area (TPSA) is 91.7 Å². The maximum Gasteiger partial charge on any atom is 0.407 e. The molecule has 0 aliphatic heterocycles. The monoisotopic (exact) mass is 428 g/mol. The van der Waals surface area contributed by atoms with Gasteiger partial charge in [0.25, 0.3) is 0 Å². The van der Waals surface area contributed by atoms with Gasteiger partial charge in [-0.15, -0.1) is 0 Å². The van der Waals surface area contributed by atoms with Crippen molar-refractivity contribution in [2.45, 2.75) is 25.2 Å². The number of benzene rings is 1. The Morgan fingerprint density at radius 1 is 1.32 bits per heavy atom. The summed E-state index contributed by atoms with van der Waals surface area (Å²) in [5.41, 5.74) is 1.19. The largest absolute Gasteiger partial charge is 0.445 e. The number of nitrogens with one attached hydrogen (secondary N) is 1. The van der Waals surface area contributed by atoms with Gasteiger partial charge >= 0.3 is 6.09 Å². The molecule has 0 aliphatic carbocycles. The molecule has 0 fully saturated rings. The normalized spacial score (nSPS) is 13.1. The van der Waals surface area contributed by atoms with Crippen molar-refractivity contribution in [2.75, 3.05) is 6.54 Å². The average molecular weight is 430 g/mol. The smallest absolute Gasteiger partial charge is 0.407 e. The van der Waals surface area contributed by atoms with E-state index in [9.17, 15) is 15.0 Å². The fourth-order valence-electron chi connectivity index (χ4n) is 2.11. The standard InChI is InChI=1S/C17H18BrClN2O4/c18-12-8-13(16(19)21-9-12)15(23)14(22)6-7-20-17(24)25-10-11-4-2-1-3-5-11/h1-5,8-9,14-15,22-23H,6-7,10H2,(H,20,24). The summed E-state index contributed by atoms with van der Waals surface area (Å²) in [5.74, 6) is 0. The molecule has 134 valence electrons. The van der Waals surface area contributed by atoms with Gasteiger partial charge in [-0.1, -0.05) is 41.9 Å². The summed E-state index contributed by atoms with van der Waals surface area (Å²) in [6.45, 7) is 0.308. The third-order valence-corrected chi connectivity index (χ3v) is 4.19. The minimum absolute atomic E-state index is 0.116. The second kappa shape index (κ2) is 9.72. The van der Waals surface area contributed by atoms with E-state index in [1.54, 1.807) is 6.07 Å². The Labute approximate surface area is 158 Å². The van der Waals surface area contributed by atoms with Crippen LogP contribution in [0.4, 0.5) is 4.79 Å². The van der Waals surface area contributed by atoms with Crippen LogP contribution in [0, 0.1) is 0 Å². The Morgan fingerprint density at radius 2 is 2.04 bits per heavy atom. The number of amides is 1. The molecule has 2 rings (SSSR count). The van der Waals surface area contributed by atoms with Crippen molar-refractivity contribution in [1.29, 1.82) is 0 Å². The molecule has 0 bridgehead atoms. The summed E-state index contributed by atoms with van der Waals surface area (Å²) in [7, 11) is 0. The molecule has 2 atom stereocenters. The quantitative estimate of drug-likeness (QED) is 0.588. The van der Waals surface area contributed by atoms with Crippen LogP contribution in [0.3, 0.4) is 0 Å². The van der Waals surface area contributed by atoms with Crippen molar-refractivity contribution in [3.05, 3.63) is 63.3 Å². The van der Waals surface area contributed by atoms with E-state index >= 15 is 0 Å². The molecule has 0 saturated heterocycles. The molecule has 3 N–H and O–H groups in total. The molecule has 1 aromatic heterocycles. The van der Waals surface area contributed by atoms with Crippen molar-refractivity contribution in [2.24, 2.45) is 0 Å². The molecular weight excluding hydrogens is 412 g/mol. The van der Waals surface area contributed by atoms with Crippen molar-refractivity contribution < 1.29 is 19.7 Å². The first-order valence-electron chi connectivity index (χ1n) is 7.59. The Kier molecular flexibility index (Phi) is 7.64. The average Bonchev–Trinajstić information content (AvgIpc) is 2.62. The molecule has 2 unspecified atom stereocenters. The molecule has 1 aromatic carbocycles. The number of halogens is 2. The SMILES string of the molecule is O=C(NCCC(O)C(O)c1cc(Br)cnc1Cl)OCc1ccccc1. The van der Waals surface area contributed by atoms with Crippen LogP contribution in [-0.2, 0) is 11.3 Å². The predicted octanol–water partition coefficient (Wildman–Crippen LogP) is 3.21.